The quantitative estimate of drug-likeness (QED) is 0.423. The first-order valence-electron chi connectivity index (χ1n) is 11.7. The average Bonchev–Trinajstić information content (AvgIpc) is 2.88. The van der Waals surface area contributed by atoms with Gasteiger partial charge in [0.2, 0.25) is 0 Å². The largest absolute Gasteiger partial charge is 0.496 e. The summed E-state index contributed by atoms with van der Waals surface area (Å²) in [5.41, 5.74) is 2.66. The van der Waals surface area contributed by atoms with E-state index in [2.05, 4.69) is 39.6 Å². The molecule has 0 saturated carbocycles. The molecule has 0 aliphatic carbocycles. The first-order chi connectivity index (χ1) is 16.5. The van der Waals surface area contributed by atoms with Gasteiger partial charge >= 0.3 is 0 Å². The number of anilines is 2. The number of para-hydroxylation sites is 2. The highest BCUT2D eigenvalue weighted by Gasteiger charge is 2.25. The van der Waals surface area contributed by atoms with Crippen molar-refractivity contribution < 1.29 is 9.53 Å². The Hall–Kier alpha value is -3.09. The standard InChI is InChI=1S/C27H31ClN4O2/c1-19(22-7-4-6-10-25(22)34-2)32-15-13-20(14-16-32)17-29-24-9-5-3-8-23(24)27(33)31-26-12-11-21(28)18-30-26/h3-12,18-20,29H,13-17H2,1-2H3,(H,30,31,33)/t19-/m1/s1. The number of carbonyl (C=O) groups is 1. The molecule has 6 nitrogen and oxygen atoms in total. The predicted octanol–water partition coefficient (Wildman–Crippen LogP) is 5.88. The molecule has 2 N–H and O–H groups in total. The highest BCUT2D eigenvalue weighted by atomic mass is 35.5. The van der Waals surface area contributed by atoms with Crippen molar-refractivity contribution in [3.63, 3.8) is 0 Å². The molecule has 1 atom stereocenters. The van der Waals surface area contributed by atoms with Crippen molar-refractivity contribution in [3.8, 4) is 5.75 Å². The lowest BCUT2D eigenvalue weighted by molar-refractivity contribution is 0.102. The third kappa shape index (κ3) is 5.88. The minimum atomic E-state index is -0.196. The number of benzene rings is 2. The number of nitrogens with zero attached hydrogens (tertiary/aromatic N) is 2. The Kier molecular flexibility index (Phi) is 8.03. The summed E-state index contributed by atoms with van der Waals surface area (Å²) in [5, 5.41) is 6.88. The minimum Gasteiger partial charge on any atom is -0.496 e. The summed E-state index contributed by atoms with van der Waals surface area (Å²) < 4.78 is 5.56. The summed E-state index contributed by atoms with van der Waals surface area (Å²) in [6.07, 6.45) is 3.73. The molecule has 2 heterocycles. The van der Waals surface area contributed by atoms with Crippen LogP contribution in [-0.4, -0.2) is 42.5 Å². The fraction of sp³-hybridized carbons (Fsp3) is 0.333. The van der Waals surface area contributed by atoms with Crippen molar-refractivity contribution in [2.45, 2.75) is 25.8 Å². The molecule has 0 radical (unpaired) electrons. The number of halogens is 1. The van der Waals surface area contributed by atoms with Crippen LogP contribution in [-0.2, 0) is 0 Å². The van der Waals surface area contributed by atoms with Crippen LogP contribution in [0.5, 0.6) is 5.75 Å². The van der Waals surface area contributed by atoms with Gasteiger partial charge in [-0.25, -0.2) is 4.98 Å². The van der Waals surface area contributed by atoms with Gasteiger partial charge in [-0.15, -0.1) is 0 Å². The normalized spacial score (nSPS) is 15.5. The number of hydrogen-bond donors (Lipinski definition) is 2. The first kappa shape index (κ1) is 24.0. The smallest absolute Gasteiger partial charge is 0.258 e. The molecule has 3 aromatic rings. The van der Waals surface area contributed by atoms with Crippen LogP contribution in [0.2, 0.25) is 5.02 Å². The van der Waals surface area contributed by atoms with Crippen LogP contribution in [0.3, 0.4) is 0 Å². The van der Waals surface area contributed by atoms with Crippen LogP contribution in [0.4, 0.5) is 11.5 Å². The number of methoxy groups -OCH3 is 1. The highest BCUT2D eigenvalue weighted by Crippen LogP contribution is 2.32. The van der Waals surface area contributed by atoms with E-state index in [1.54, 1.807) is 19.2 Å². The monoisotopic (exact) mass is 478 g/mol. The van der Waals surface area contributed by atoms with Gasteiger partial charge in [0, 0.05) is 30.0 Å². The van der Waals surface area contributed by atoms with Gasteiger partial charge in [-0.05, 0) is 69.1 Å². The van der Waals surface area contributed by atoms with Crippen molar-refractivity contribution in [3.05, 3.63) is 83.0 Å². The van der Waals surface area contributed by atoms with E-state index in [-0.39, 0.29) is 5.91 Å². The second kappa shape index (κ2) is 11.4. The lowest BCUT2D eigenvalue weighted by Crippen LogP contribution is -2.37. The summed E-state index contributed by atoms with van der Waals surface area (Å²) in [4.78, 5) is 19.5. The van der Waals surface area contributed by atoms with Crippen molar-refractivity contribution in [2.24, 2.45) is 5.92 Å². The summed E-state index contributed by atoms with van der Waals surface area (Å²) in [7, 11) is 1.73. The first-order valence-corrected chi connectivity index (χ1v) is 12.1. The average molecular weight is 479 g/mol. The van der Waals surface area contributed by atoms with Crippen LogP contribution in [0.15, 0.2) is 66.9 Å². The molecular formula is C27H31ClN4O2. The Morgan fingerprint density at radius 2 is 1.85 bits per heavy atom. The second-order valence-electron chi connectivity index (χ2n) is 8.64. The molecule has 1 aromatic heterocycles. The number of hydrogen-bond acceptors (Lipinski definition) is 5. The Bertz CT molecular complexity index is 1100. The zero-order valence-electron chi connectivity index (χ0n) is 19.6. The number of carbonyl (C=O) groups excluding carboxylic acids is 1. The molecule has 1 aliphatic heterocycles. The summed E-state index contributed by atoms with van der Waals surface area (Å²) in [6.45, 7) is 5.16. The molecule has 0 spiro atoms. The number of pyridine rings is 1. The molecule has 0 unspecified atom stereocenters. The SMILES string of the molecule is COc1ccccc1[C@@H](C)N1CCC(CNc2ccccc2C(=O)Nc2ccc(Cl)cn2)CC1. The van der Waals surface area contributed by atoms with Crippen molar-refractivity contribution in [1.29, 1.82) is 0 Å². The van der Waals surface area contributed by atoms with Gasteiger partial charge < -0.3 is 15.4 Å². The maximum atomic E-state index is 12.8. The molecule has 1 fully saturated rings. The number of nitrogens with one attached hydrogen (secondary N) is 2. The van der Waals surface area contributed by atoms with E-state index in [4.69, 9.17) is 16.3 Å². The van der Waals surface area contributed by atoms with Crippen LogP contribution in [0, 0.1) is 5.92 Å². The van der Waals surface area contributed by atoms with E-state index in [9.17, 15) is 4.79 Å². The van der Waals surface area contributed by atoms with Gasteiger partial charge in [0.25, 0.3) is 5.91 Å². The number of ether oxygens (including phenoxy) is 1. The Balaban J connectivity index is 1.32. The molecule has 0 bridgehead atoms. The lowest BCUT2D eigenvalue weighted by atomic mass is 9.94. The predicted molar refractivity (Wildman–Crippen MR) is 138 cm³/mol. The van der Waals surface area contributed by atoms with E-state index in [0.717, 1.165) is 43.9 Å². The van der Waals surface area contributed by atoms with Crippen LogP contribution in [0.25, 0.3) is 0 Å². The molecular weight excluding hydrogens is 448 g/mol. The Labute approximate surface area is 206 Å². The molecule has 34 heavy (non-hydrogen) atoms. The number of piperidine rings is 1. The minimum absolute atomic E-state index is 0.196. The molecule has 7 heteroatoms. The fourth-order valence-electron chi connectivity index (χ4n) is 4.48. The highest BCUT2D eigenvalue weighted by molar-refractivity contribution is 6.30. The summed E-state index contributed by atoms with van der Waals surface area (Å²) >= 11 is 5.88. The third-order valence-corrected chi connectivity index (χ3v) is 6.73. The third-order valence-electron chi connectivity index (χ3n) is 6.51. The van der Waals surface area contributed by atoms with Gasteiger partial charge in [-0.3, -0.25) is 9.69 Å². The molecule has 4 rings (SSSR count). The number of likely N-dealkylation sites (tertiary alicyclic amines) is 1. The number of aromatic nitrogens is 1. The molecule has 2 aromatic carbocycles. The summed E-state index contributed by atoms with van der Waals surface area (Å²) in [6, 6.07) is 19.6. The van der Waals surface area contributed by atoms with Crippen LogP contribution >= 0.6 is 11.6 Å². The van der Waals surface area contributed by atoms with E-state index in [1.165, 1.54) is 11.8 Å². The molecule has 178 valence electrons. The number of rotatable bonds is 8. The van der Waals surface area contributed by atoms with E-state index < -0.39 is 0 Å². The van der Waals surface area contributed by atoms with Gasteiger partial charge in [0.1, 0.15) is 11.6 Å². The molecule has 1 amide bonds. The van der Waals surface area contributed by atoms with Crippen molar-refractivity contribution >= 4 is 29.0 Å². The van der Waals surface area contributed by atoms with Crippen LogP contribution < -0.4 is 15.4 Å². The zero-order chi connectivity index (χ0) is 23.9. The number of amides is 1. The van der Waals surface area contributed by atoms with Gasteiger partial charge in [0.15, 0.2) is 0 Å². The van der Waals surface area contributed by atoms with Crippen LogP contribution in [0.1, 0.15) is 41.7 Å². The zero-order valence-corrected chi connectivity index (χ0v) is 20.4. The molecule has 1 aliphatic rings. The van der Waals surface area contributed by atoms with Crippen molar-refractivity contribution in [2.75, 3.05) is 37.4 Å². The van der Waals surface area contributed by atoms with Gasteiger partial charge in [0.05, 0.1) is 17.7 Å². The Morgan fingerprint density at radius 1 is 1.12 bits per heavy atom. The Morgan fingerprint density at radius 3 is 2.59 bits per heavy atom. The molecule has 1 saturated heterocycles. The topological polar surface area (TPSA) is 66.5 Å². The lowest BCUT2D eigenvalue weighted by Gasteiger charge is -2.36. The van der Waals surface area contributed by atoms with E-state index in [1.807, 2.05) is 36.4 Å². The fourth-order valence-corrected chi connectivity index (χ4v) is 4.59. The van der Waals surface area contributed by atoms with E-state index >= 15 is 0 Å². The maximum Gasteiger partial charge on any atom is 0.258 e. The van der Waals surface area contributed by atoms with Gasteiger partial charge in [-0.1, -0.05) is 41.9 Å². The van der Waals surface area contributed by atoms with Gasteiger partial charge in [-0.2, -0.15) is 0 Å². The summed E-state index contributed by atoms with van der Waals surface area (Å²) in [5.74, 6) is 1.77. The maximum absolute atomic E-state index is 12.8. The van der Waals surface area contributed by atoms with E-state index in [0.29, 0.717) is 28.4 Å². The second-order valence-corrected chi connectivity index (χ2v) is 9.08. The van der Waals surface area contributed by atoms with Crippen molar-refractivity contribution in [1.82, 2.24) is 9.88 Å².